The summed E-state index contributed by atoms with van der Waals surface area (Å²) in [5, 5.41) is 7.99. The summed E-state index contributed by atoms with van der Waals surface area (Å²) in [7, 11) is -3.26. The van der Waals surface area contributed by atoms with Gasteiger partial charge in [0.15, 0.2) is 9.84 Å². The lowest BCUT2D eigenvalue weighted by molar-refractivity contribution is 0.327. The molecule has 1 unspecified atom stereocenters. The summed E-state index contributed by atoms with van der Waals surface area (Å²) in [6.45, 7) is 2.55. The Hall–Kier alpha value is -2.25. The molecule has 2 aromatic heterocycles. The van der Waals surface area contributed by atoms with Crippen LogP contribution in [-0.4, -0.2) is 47.8 Å². The number of aromatic amines is 1. The van der Waals surface area contributed by atoms with Gasteiger partial charge in [-0.1, -0.05) is 24.3 Å². The fourth-order valence-electron chi connectivity index (χ4n) is 3.62. The van der Waals surface area contributed by atoms with Crippen molar-refractivity contribution >= 4 is 20.7 Å². The van der Waals surface area contributed by atoms with Crippen molar-refractivity contribution < 1.29 is 8.42 Å². The molecule has 3 aromatic rings. The van der Waals surface area contributed by atoms with Crippen LogP contribution < -0.4 is 0 Å². The maximum absolute atomic E-state index is 11.9. The number of likely N-dealkylation sites (tertiary alicyclic amines) is 1. The van der Waals surface area contributed by atoms with Gasteiger partial charge < -0.3 is 0 Å². The lowest BCUT2D eigenvalue weighted by atomic mass is 10.1. The summed E-state index contributed by atoms with van der Waals surface area (Å²) in [5.74, 6) is 0.162. The van der Waals surface area contributed by atoms with Gasteiger partial charge >= 0.3 is 0 Å². The number of pyridine rings is 1. The molecule has 0 saturated carbocycles. The van der Waals surface area contributed by atoms with Gasteiger partial charge in [-0.05, 0) is 24.6 Å². The summed E-state index contributed by atoms with van der Waals surface area (Å²) in [6, 6.07) is 10.3. The van der Waals surface area contributed by atoms with E-state index in [-0.39, 0.29) is 5.92 Å². The first kappa shape index (κ1) is 16.2. The van der Waals surface area contributed by atoms with Gasteiger partial charge in [0, 0.05) is 36.8 Å². The number of aromatic nitrogens is 3. The summed E-state index contributed by atoms with van der Waals surface area (Å²) < 4.78 is 23.8. The van der Waals surface area contributed by atoms with Crippen molar-refractivity contribution in [1.82, 2.24) is 20.1 Å². The SMILES string of the molecule is CS(=O)(=O)c1cn[nH]c1C1CCN(Cc2cccc3cccnc23)C1. The van der Waals surface area contributed by atoms with Gasteiger partial charge in [0.1, 0.15) is 4.90 Å². The average Bonchev–Trinajstić information content (AvgIpc) is 3.23. The molecule has 1 N–H and O–H groups in total. The highest BCUT2D eigenvalue weighted by molar-refractivity contribution is 7.90. The number of nitrogens with one attached hydrogen (secondary N) is 1. The molecule has 0 amide bonds. The molecule has 1 aromatic carbocycles. The van der Waals surface area contributed by atoms with E-state index in [4.69, 9.17) is 0 Å². The Labute approximate surface area is 146 Å². The zero-order valence-corrected chi connectivity index (χ0v) is 14.8. The van der Waals surface area contributed by atoms with E-state index in [0.29, 0.717) is 4.90 Å². The van der Waals surface area contributed by atoms with Crippen molar-refractivity contribution in [2.75, 3.05) is 19.3 Å². The zero-order chi connectivity index (χ0) is 17.4. The van der Waals surface area contributed by atoms with Gasteiger partial charge in [0.05, 0.1) is 17.4 Å². The molecule has 1 aliphatic rings. The first-order valence-corrected chi connectivity index (χ1v) is 10.2. The molecule has 7 heteroatoms. The molecule has 0 aliphatic carbocycles. The second-order valence-electron chi connectivity index (χ2n) is 6.63. The van der Waals surface area contributed by atoms with E-state index < -0.39 is 9.84 Å². The fourth-order valence-corrected chi connectivity index (χ4v) is 4.48. The standard InChI is InChI=1S/C18H20N4O2S/c1-25(23,24)16-10-20-21-18(16)15-7-9-22(12-15)11-14-5-2-4-13-6-3-8-19-17(13)14/h2-6,8,10,15H,7,9,11-12H2,1H3,(H,20,21). The lowest BCUT2D eigenvalue weighted by Crippen LogP contribution is -2.20. The van der Waals surface area contributed by atoms with Crippen molar-refractivity contribution in [3.63, 3.8) is 0 Å². The Kier molecular flexibility index (Phi) is 4.05. The van der Waals surface area contributed by atoms with Gasteiger partial charge in [0.25, 0.3) is 0 Å². The number of hydrogen-bond acceptors (Lipinski definition) is 5. The van der Waals surface area contributed by atoms with E-state index >= 15 is 0 Å². The Bertz CT molecular complexity index is 1010. The Morgan fingerprint density at radius 2 is 2.12 bits per heavy atom. The Balaban J connectivity index is 1.55. The van der Waals surface area contributed by atoms with Gasteiger partial charge in [-0.15, -0.1) is 0 Å². The van der Waals surface area contributed by atoms with Crippen LogP contribution in [0, 0.1) is 0 Å². The first-order chi connectivity index (χ1) is 12.0. The fraction of sp³-hybridized carbons (Fsp3) is 0.333. The number of H-pyrrole nitrogens is 1. The number of sulfone groups is 1. The third-order valence-corrected chi connectivity index (χ3v) is 5.95. The van der Waals surface area contributed by atoms with Crippen LogP contribution in [0.1, 0.15) is 23.6 Å². The topological polar surface area (TPSA) is 79.0 Å². The number of rotatable bonds is 4. The number of hydrogen-bond donors (Lipinski definition) is 1. The van der Waals surface area contributed by atoms with Crippen LogP contribution in [0.3, 0.4) is 0 Å². The van der Waals surface area contributed by atoms with E-state index in [2.05, 4.69) is 44.3 Å². The molecule has 3 heterocycles. The molecule has 0 spiro atoms. The van der Waals surface area contributed by atoms with Gasteiger partial charge in [-0.3, -0.25) is 15.0 Å². The van der Waals surface area contributed by atoms with Crippen LogP contribution in [0.2, 0.25) is 0 Å². The molecule has 4 rings (SSSR count). The monoisotopic (exact) mass is 356 g/mol. The van der Waals surface area contributed by atoms with Crippen molar-refractivity contribution in [1.29, 1.82) is 0 Å². The molecule has 1 atom stereocenters. The van der Waals surface area contributed by atoms with E-state index in [1.54, 1.807) is 0 Å². The Morgan fingerprint density at radius 1 is 1.28 bits per heavy atom. The minimum Gasteiger partial charge on any atom is -0.298 e. The van der Waals surface area contributed by atoms with Crippen LogP contribution in [0.25, 0.3) is 10.9 Å². The molecular weight excluding hydrogens is 336 g/mol. The average molecular weight is 356 g/mol. The molecule has 1 saturated heterocycles. The number of para-hydroxylation sites is 1. The van der Waals surface area contributed by atoms with Crippen LogP contribution in [0.4, 0.5) is 0 Å². The second-order valence-corrected chi connectivity index (χ2v) is 8.62. The lowest BCUT2D eigenvalue weighted by Gasteiger charge is -2.17. The molecule has 0 bridgehead atoms. The minimum absolute atomic E-state index is 0.162. The molecule has 1 fully saturated rings. The highest BCUT2D eigenvalue weighted by Crippen LogP contribution is 2.31. The van der Waals surface area contributed by atoms with Crippen LogP contribution >= 0.6 is 0 Å². The van der Waals surface area contributed by atoms with E-state index in [0.717, 1.165) is 42.7 Å². The van der Waals surface area contributed by atoms with Crippen LogP contribution in [0.5, 0.6) is 0 Å². The molecule has 130 valence electrons. The van der Waals surface area contributed by atoms with Gasteiger partial charge in [-0.2, -0.15) is 5.10 Å². The highest BCUT2D eigenvalue weighted by atomic mass is 32.2. The van der Waals surface area contributed by atoms with Crippen molar-refractivity contribution in [3.8, 4) is 0 Å². The predicted molar refractivity (Wildman–Crippen MR) is 96.1 cm³/mol. The first-order valence-electron chi connectivity index (χ1n) is 8.30. The minimum atomic E-state index is -3.26. The molecule has 0 radical (unpaired) electrons. The predicted octanol–water partition coefficient (Wildman–Crippen LogP) is 2.35. The molecular formula is C18H20N4O2S. The van der Waals surface area contributed by atoms with E-state index in [1.807, 2.05) is 12.3 Å². The number of fused-ring (bicyclic) bond motifs is 1. The zero-order valence-electron chi connectivity index (χ0n) is 14.0. The molecule has 25 heavy (non-hydrogen) atoms. The van der Waals surface area contributed by atoms with Gasteiger partial charge in [-0.25, -0.2) is 8.42 Å². The summed E-state index contributed by atoms with van der Waals surface area (Å²) >= 11 is 0. The summed E-state index contributed by atoms with van der Waals surface area (Å²) in [5.41, 5.74) is 2.97. The quantitative estimate of drug-likeness (QED) is 0.776. The van der Waals surface area contributed by atoms with Crippen molar-refractivity contribution in [2.45, 2.75) is 23.8 Å². The largest absolute Gasteiger partial charge is 0.298 e. The van der Waals surface area contributed by atoms with E-state index in [9.17, 15) is 8.42 Å². The smallest absolute Gasteiger partial charge is 0.178 e. The molecule has 1 aliphatic heterocycles. The maximum atomic E-state index is 11.9. The highest BCUT2D eigenvalue weighted by Gasteiger charge is 2.29. The Morgan fingerprint density at radius 3 is 2.96 bits per heavy atom. The van der Waals surface area contributed by atoms with E-state index in [1.165, 1.54) is 18.0 Å². The van der Waals surface area contributed by atoms with Crippen molar-refractivity contribution in [2.24, 2.45) is 0 Å². The third-order valence-electron chi connectivity index (χ3n) is 4.82. The summed E-state index contributed by atoms with van der Waals surface area (Å²) in [4.78, 5) is 7.19. The summed E-state index contributed by atoms with van der Waals surface area (Å²) in [6.07, 6.45) is 5.39. The van der Waals surface area contributed by atoms with Crippen LogP contribution in [0.15, 0.2) is 47.6 Å². The van der Waals surface area contributed by atoms with Crippen molar-refractivity contribution in [3.05, 3.63) is 54.0 Å². The maximum Gasteiger partial charge on any atom is 0.178 e. The third kappa shape index (κ3) is 3.17. The second kappa shape index (κ2) is 6.24. The van der Waals surface area contributed by atoms with Crippen LogP contribution in [-0.2, 0) is 16.4 Å². The van der Waals surface area contributed by atoms with Gasteiger partial charge in [0.2, 0.25) is 0 Å². The molecule has 6 nitrogen and oxygen atoms in total. The number of benzene rings is 1. The normalized spacial score (nSPS) is 18.8. The number of nitrogens with zero attached hydrogens (tertiary/aromatic N) is 3.